The minimum Gasteiger partial charge on any atom is -0.412 e. The van der Waals surface area contributed by atoms with Gasteiger partial charge in [0.2, 0.25) is 0 Å². The number of hydrogen-bond acceptors (Lipinski definition) is 0. The van der Waals surface area contributed by atoms with Crippen LogP contribution in [0.2, 0.25) is 0 Å². The van der Waals surface area contributed by atoms with E-state index in [-0.39, 0.29) is 41.7 Å². The van der Waals surface area contributed by atoms with Crippen molar-refractivity contribution in [2.24, 2.45) is 0 Å². The smallest absolute Gasteiger partial charge is 0.0776 e. The molecule has 0 saturated heterocycles. The van der Waals surface area contributed by atoms with Gasteiger partial charge >= 0.3 is 0 Å². The molecule has 0 amide bonds. The Morgan fingerprint density at radius 3 is 0.500 bits per heavy atom. The van der Waals surface area contributed by atoms with E-state index < -0.39 is 0 Å². The first kappa shape index (κ1) is 9550. The highest BCUT2D eigenvalue weighted by atomic mass is 35.5. The Kier molecular flexibility index (Phi) is 8240000. The lowest BCUT2D eigenvalue weighted by atomic mass is 12.0. The molecule has 5 heteroatoms. The quantitative estimate of drug-likeness (QED) is 0.346. The highest BCUT2D eigenvalue weighted by Gasteiger charge is -0.0775. The molecule has 8 N–H and O–H groups in total. The fourth-order valence-electron chi connectivity index (χ4n) is 0. The highest BCUT2D eigenvalue weighted by Crippen LogP contribution is 0.690. The summed E-state index contributed by atoms with van der Waals surface area (Å²) in [5.41, 5.74) is 0. The molecule has 0 bridgehead atoms. The minimum absolute atomic E-state index is 0. The van der Waals surface area contributed by atoms with Gasteiger partial charge in [0.25, 0.3) is 0 Å². The zero-order valence-electron chi connectivity index (χ0n) is 2.41. The van der Waals surface area contributed by atoms with Gasteiger partial charge in [-0.3, -0.25) is 0 Å². The molecule has 4 nitrogen and oxygen atoms in total. The van der Waals surface area contributed by atoms with E-state index in [2.05, 4.69) is 0 Å². The summed E-state index contributed by atoms with van der Waals surface area (Å²) >= 11 is 0. The average molecular weight is 125 g/mol. The predicted octanol–water partition coefficient (Wildman–Crippen LogP) is -2.24. The lowest BCUT2D eigenvalue weighted by Gasteiger charge is -0.413. The maximum atomic E-state index is 0. The summed E-state index contributed by atoms with van der Waals surface area (Å²) in [7, 11) is 0. The van der Waals surface area contributed by atoms with Crippen molar-refractivity contribution in [3.8, 4) is 0 Å². The molecule has 0 unspecified atom stereocenters. The van der Waals surface area contributed by atoms with Crippen molar-refractivity contribution in [1.82, 2.24) is 0 Å². The van der Waals surface area contributed by atoms with Gasteiger partial charge in [-0.1, -0.05) is 7.43 Å². The SMILES string of the molecule is C.Cl.O.O.O.O. The molecule has 0 rings (SSSR count). The van der Waals surface area contributed by atoms with Crippen LogP contribution in [0.1, 0.15) is 7.43 Å². The van der Waals surface area contributed by atoms with Crippen molar-refractivity contribution in [3.63, 3.8) is 0 Å². The van der Waals surface area contributed by atoms with Crippen molar-refractivity contribution in [3.05, 3.63) is 0 Å². The molecule has 0 heterocycles. The van der Waals surface area contributed by atoms with E-state index in [1.54, 1.807) is 0 Å². The molecule has 0 aliphatic carbocycles. The fourth-order valence-corrected chi connectivity index (χ4v) is 0. The molecule has 0 spiro atoms. The summed E-state index contributed by atoms with van der Waals surface area (Å²) in [6.07, 6.45) is 0. The molecule has 6 heavy (non-hydrogen) atoms. The summed E-state index contributed by atoms with van der Waals surface area (Å²) < 4.78 is 0. The van der Waals surface area contributed by atoms with Crippen LogP contribution in [0.3, 0.4) is 0 Å². The van der Waals surface area contributed by atoms with Crippen LogP contribution in [0.15, 0.2) is 0 Å². The van der Waals surface area contributed by atoms with Gasteiger partial charge in [-0.2, -0.15) is 0 Å². The van der Waals surface area contributed by atoms with Gasteiger partial charge < -0.3 is 21.9 Å². The summed E-state index contributed by atoms with van der Waals surface area (Å²) in [5.74, 6) is 0. The van der Waals surface area contributed by atoms with E-state index in [1.807, 2.05) is 0 Å². The van der Waals surface area contributed by atoms with Gasteiger partial charge in [0.05, 0.1) is 0 Å². The van der Waals surface area contributed by atoms with Crippen molar-refractivity contribution < 1.29 is 21.9 Å². The Morgan fingerprint density at radius 1 is 0.500 bits per heavy atom. The van der Waals surface area contributed by atoms with E-state index in [9.17, 15) is 0 Å². The molecule has 0 radical (unpaired) electrons. The number of rotatable bonds is 0. The van der Waals surface area contributed by atoms with Crippen LogP contribution >= 0.6 is 12.4 Å². The molecule has 0 aromatic carbocycles. The standard InChI is InChI=1S/CH4.ClH.4H2O/h1H4;1H;4*1H2. The number of hydrogen-bond donors (Lipinski definition) is 0. The summed E-state index contributed by atoms with van der Waals surface area (Å²) in [6.45, 7) is 0. The maximum Gasteiger partial charge on any atom is -0.0776 e. The Labute approximate surface area is 42.8 Å². The van der Waals surface area contributed by atoms with Crippen molar-refractivity contribution >= 4 is 12.4 Å². The zero-order valence-corrected chi connectivity index (χ0v) is 3.22. The van der Waals surface area contributed by atoms with Crippen molar-refractivity contribution in [1.29, 1.82) is 0 Å². The van der Waals surface area contributed by atoms with Gasteiger partial charge in [-0.05, 0) is 0 Å². The first-order valence-electron chi connectivity index (χ1n) is 0. The van der Waals surface area contributed by atoms with Gasteiger partial charge in [-0.25, -0.2) is 0 Å². The normalized spacial score (nSPS) is 0. The third kappa shape index (κ3) is 2390. The Hall–Kier alpha value is 0.130. The second-order valence-corrected chi connectivity index (χ2v) is 0. The summed E-state index contributed by atoms with van der Waals surface area (Å²) in [6, 6.07) is 0. The Bertz CT molecular complexity index is 7.51. The molecule has 0 aromatic rings. The zero-order chi connectivity index (χ0) is 0. The number of halogens is 1. The third-order valence-corrected chi connectivity index (χ3v) is 0. The van der Waals surface area contributed by atoms with E-state index in [0.717, 1.165) is 0 Å². The summed E-state index contributed by atoms with van der Waals surface area (Å²) in [5, 5.41) is 0. The van der Waals surface area contributed by atoms with Gasteiger partial charge in [0.1, 0.15) is 0 Å². The topological polar surface area (TPSA) is 126 Å². The largest absolute Gasteiger partial charge is 0.412 e. The Morgan fingerprint density at radius 2 is 0.500 bits per heavy atom. The predicted molar refractivity (Wildman–Crippen MR) is 28.4 cm³/mol. The first-order chi connectivity index (χ1) is 0. The average Bonchev–Trinajstić information content (AvgIpc) is 0. The maximum absolute atomic E-state index is 0. The van der Waals surface area contributed by atoms with Crippen molar-refractivity contribution in [2.75, 3.05) is 0 Å². The van der Waals surface area contributed by atoms with Gasteiger partial charge in [0.15, 0.2) is 0 Å². The molecular weight excluding hydrogens is 111 g/mol. The van der Waals surface area contributed by atoms with Crippen LogP contribution in [0, 0.1) is 0 Å². The second kappa shape index (κ2) is 5180. The van der Waals surface area contributed by atoms with Crippen LogP contribution in [0.25, 0.3) is 0 Å². The van der Waals surface area contributed by atoms with Crippen LogP contribution in [-0.4, -0.2) is 21.9 Å². The molecule has 48 valence electrons. The van der Waals surface area contributed by atoms with E-state index in [4.69, 9.17) is 0 Å². The third-order valence-electron chi connectivity index (χ3n) is 0. The first-order valence-corrected chi connectivity index (χ1v) is 0. The monoisotopic (exact) mass is 124 g/mol. The van der Waals surface area contributed by atoms with E-state index in [0.29, 0.717) is 0 Å². The van der Waals surface area contributed by atoms with Crippen LogP contribution in [-0.2, 0) is 0 Å². The minimum atomic E-state index is 0. The van der Waals surface area contributed by atoms with Crippen molar-refractivity contribution in [2.45, 2.75) is 7.43 Å². The summed E-state index contributed by atoms with van der Waals surface area (Å²) in [4.78, 5) is 0. The van der Waals surface area contributed by atoms with Crippen LogP contribution < -0.4 is 0 Å². The molecule has 0 aliphatic heterocycles. The van der Waals surface area contributed by atoms with Gasteiger partial charge in [-0.15, -0.1) is 12.4 Å². The molecule has 0 fully saturated rings. The lowest BCUT2D eigenvalue weighted by molar-refractivity contribution is 0.823. The van der Waals surface area contributed by atoms with Crippen LogP contribution in [0.4, 0.5) is 0 Å². The van der Waals surface area contributed by atoms with E-state index in [1.165, 1.54) is 0 Å². The molecule has 0 aliphatic rings. The van der Waals surface area contributed by atoms with Gasteiger partial charge in [0, 0.05) is 0 Å². The fraction of sp³-hybridized carbons (Fsp3) is 1.00. The molecule has 0 aromatic heterocycles. The molecular formula is CH13ClO4. The molecule has 0 atom stereocenters. The highest BCUT2D eigenvalue weighted by molar-refractivity contribution is 5.85. The lowest BCUT2D eigenvalue weighted by Crippen LogP contribution is -0.290. The Balaban J connectivity index is 0. The van der Waals surface area contributed by atoms with E-state index >= 15 is 0 Å². The second-order valence-electron chi connectivity index (χ2n) is 0. The van der Waals surface area contributed by atoms with Crippen LogP contribution in [0.5, 0.6) is 0 Å². The molecule has 0 saturated carbocycles.